The fraction of sp³-hybridized carbons (Fsp3) is 0.143. The van der Waals surface area contributed by atoms with Gasteiger partial charge in [-0.2, -0.15) is 0 Å². The lowest BCUT2D eigenvalue weighted by molar-refractivity contribution is 0.398. The maximum atomic E-state index is 12.6. The molecule has 0 saturated carbocycles. The van der Waals surface area contributed by atoms with Gasteiger partial charge in [-0.1, -0.05) is 6.07 Å². The number of benzene rings is 1. The van der Waals surface area contributed by atoms with Crippen LogP contribution in [0.25, 0.3) is 0 Å². The Balaban J connectivity index is 3.14. The van der Waals surface area contributed by atoms with Crippen LogP contribution in [0.2, 0.25) is 0 Å². The smallest absolute Gasteiger partial charge is 0.140 e. The van der Waals surface area contributed by atoms with Gasteiger partial charge in [0.25, 0.3) is 0 Å². The van der Waals surface area contributed by atoms with Gasteiger partial charge in [-0.3, -0.25) is 0 Å². The van der Waals surface area contributed by atoms with Gasteiger partial charge in [0.1, 0.15) is 11.6 Å². The molecule has 0 N–H and O–H groups in total. The molecule has 54 valence electrons. The van der Waals surface area contributed by atoms with Crippen molar-refractivity contribution in [3.63, 3.8) is 0 Å². The zero-order chi connectivity index (χ0) is 7.56. The summed E-state index contributed by atoms with van der Waals surface area (Å²) in [6, 6.07) is 4.57. The standard InChI is InChI=1S/C7H7FOS/c1-9-6-4-2-3-5(8)7(6)10/h2-4,10H,1H3. The van der Waals surface area contributed by atoms with Gasteiger partial charge >= 0.3 is 0 Å². The molecule has 1 aromatic rings. The molecule has 10 heavy (non-hydrogen) atoms. The van der Waals surface area contributed by atoms with Crippen molar-refractivity contribution in [1.29, 1.82) is 0 Å². The number of rotatable bonds is 1. The molecule has 3 heteroatoms. The van der Waals surface area contributed by atoms with Crippen molar-refractivity contribution in [3.05, 3.63) is 24.0 Å². The molecule has 0 heterocycles. The third kappa shape index (κ3) is 1.24. The molecule has 1 rings (SSSR count). The van der Waals surface area contributed by atoms with Crippen molar-refractivity contribution in [2.75, 3.05) is 7.11 Å². The first-order chi connectivity index (χ1) is 4.75. The molecular weight excluding hydrogens is 151 g/mol. The molecular formula is C7H7FOS. The molecule has 0 fully saturated rings. The Bertz CT molecular complexity index is 237. The van der Waals surface area contributed by atoms with Crippen LogP contribution in [0, 0.1) is 5.82 Å². The van der Waals surface area contributed by atoms with Crippen molar-refractivity contribution in [1.82, 2.24) is 0 Å². The summed E-state index contributed by atoms with van der Waals surface area (Å²) in [6.45, 7) is 0. The Morgan fingerprint density at radius 3 is 2.70 bits per heavy atom. The van der Waals surface area contributed by atoms with Crippen LogP contribution in [-0.2, 0) is 0 Å². The second-order valence-corrected chi connectivity index (χ2v) is 2.24. The van der Waals surface area contributed by atoms with Gasteiger partial charge in [0, 0.05) is 0 Å². The molecule has 0 amide bonds. The molecule has 0 aliphatic carbocycles. The lowest BCUT2D eigenvalue weighted by Gasteiger charge is -2.02. The maximum Gasteiger partial charge on any atom is 0.140 e. The van der Waals surface area contributed by atoms with Crippen molar-refractivity contribution < 1.29 is 9.13 Å². The molecule has 1 aromatic carbocycles. The van der Waals surface area contributed by atoms with Crippen LogP contribution in [0.5, 0.6) is 5.75 Å². The first-order valence-electron chi connectivity index (χ1n) is 2.77. The number of thiol groups is 1. The molecule has 1 nitrogen and oxygen atoms in total. The first-order valence-corrected chi connectivity index (χ1v) is 3.22. The van der Waals surface area contributed by atoms with Gasteiger partial charge in [0.2, 0.25) is 0 Å². The molecule has 0 spiro atoms. The average molecular weight is 158 g/mol. The van der Waals surface area contributed by atoms with Crippen LogP contribution in [0.15, 0.2) is 23.1 Å². The normalized spacial score (nSPS) is 9.50. The van der Waals surface area contributed by atoms with Crippen LogP contribution < -0.4 is 4.74 Å². The van der Waals surface area contributed by atoms with E-state index < -0.39 is 0 Å². The highest BCUT2D eigenvalue weighted by Crippen LogP contribution is 2.23. The van der Waals surface area contributed by atoms with Crippen LogP contribution in [-0.4, -0.2) is 7.11 Å². The minimum Gasteiger partial charge on any atom is -0.495 e. The minimum atomic E-state index is -0.359. The van der Waals surface area contributed by atoms with E-state index in [0.717, 1.165) is 0 Å². The van der Waals surface area contributed by atoms with Crippen LogP contribution in [0.4, 0.5) is 4.39 Å². The Hall–Kier alpha value is -0.700. The summed E-state index contributed by atoms with van der Waals surface area (Å²) in [4.78, 5) is 0.255. The second-order valence-electron chi connectivity index (χ2n) is 1.79. The molecule has 0 aliphatic heterocycles. The summed E-state index contributed by atoms with van der Waals surface area (Å²) in [5.41, 5.74) is 0. The minimum absolute atomic E-state index is 0.255. The molecule has 0 atom stereocenters. The van der Waals surface area contributed by atoms with Crippen LogP contribution in [0.1, 0.15) is 0 Å². The van der Waals surface area contributed by atoms with Gasteiger partial charge < -0.3 is 4.74 Å². The number of ether oxygens (including phenoxy) is 1. The van der Waals surface area contributed by atoms with Crippen molar-refractivity contribution in [2.24, 2.45) is 0 Å². The monoisotopic (exact) mass is 158 g/mol. The quantitative estimate of drug-likeness (QED) is 0.616. The summed E-state index contributed by atoms with van der Waals surface area (Å²) in [5.74, 6) is 0.103. The summed E-state index contributed by atoms with van der Waals surface area (Å²) in [5, 5.41) is 0. The fourth-order valence-electron chi connectivity index (χ4n) is 0.660. The SMILES string of the molecule is COc1cccc(F)c1S. The second kappa shape index (κ2) is 2.92. The molecule has 0 saturated heterocycles. The van der Waals surface area contributed by atoms with E-state index in [9.17, 15) is 4.39 Å². The van der Waals surface area contributed by atoms with Gasteiger partial charge in [0.05, 0.1) is 12.0 Å². The average Bonchev–Trinajstić information content (AvgIpc) is 1.95. The Kier molecular flexibility index (Phi) is 2.17. The molecule has 0 unspecified atom stereocenters. The Morgan fingerprint density at radius 1 is 1.50 bits per heavy atom. The summed E-state index contributed by atoms with van der Waals surface area (Å²) >= 11 is 3.89. The lowest BCUT2D eigenvalue weighted by Crippen LogP contribution is -1.86. The third-order valence-corrected chi connectivity index (χ3v) is 1.60. The summed E-state index contributed by atoms with van der Waals surface area (Å²) < 4.78 is 17.4. The predicted molar refractivity (Wildman–Crippen MR) is 40.2 cm³/mol. The van der Waals surface area contributed by atoms with Crippen molar-refractivity contribution in [3.8, 4) is 5.75 Å². The first kappa shape index (κ1) is 7.41. The van der Waals surface area contributed by atoms with E-state index >= 15 is 0 Å². The topological polar surface area (TPSA) is 9.23 Å². The zero-order valence-corrected chi connectivity index (χ0v) is 6.36. The maximum absolute atomic E-state index is 12.6. The molecule has 0 aliphatic rings. The van der Waals surface area contributed by atoms with Gasteiger partial charge in [-0.05, 0) is 12.1 Å². The number of methoxy groups -OCH3 is 1. The van der Waals surface area contributed by atoms with Crippen LogP contribution in [0.3, 0.4) is 0 Å². The van der Waals surface area contributed by atoms with E-state index in [1.54, 1.807) is 12.1 Å². The Morgan fingerprint density at radius 2 is 2.20 bits per heavy atom. The van der Waals surface area contributed by atoms with E-state index in [1.807, 2.05) is 0 Å². The van der Waals surface area contributed by atoms with E-state index in [-0.39, 0.29) is 10.7 Å². The van der Waals surface area contributed by atoms with Crippen LogP contribution >= 0.6 is 12.6 Å². The van der Waals surface area contributed by atoms with Gasteiger partial charge in [-0.25, -0.2) is 4.39 Å². The number of halogens is 1. The van der Waals surface area contributed by atoms with E-state index in [0.29, 0.717) is 5.75 Å². The van der Waals surface area contributed by atoms with Crippen molar-refractivity contribution in [2.45, 2.75) is 4.90 Å². The number of hydrogen-bond acceptors (Lipinski definition) is 2. The lowest BCUT2D eigenvalue weighted by atomic mass is 10.3. The highest BCUT2D eigenvalue weighted by molar-refractivity contribution is 7.80. The zero-order valence-electron chi connectivity index (χ0n) is 5.47. The van der Waals surface area contributed by atoms with E-state index in [4.69, 9.17) is 4.74 Å². The Labute approximate surface area is 64.2 Å². The highest BCUT2D eigenvalue weighted by atomic mass is 32.1. The molecule has 0 radical (unpaired) electrons. The van der Waals surface area contributed by atoms with E-state index in [1.165, 1.54) is 13.2 Å². The van der Waals surface area contributed by atoms with Gasteiger partial charge in [0.15, 0.2) is 0 Å². The van der Waals surface area contributed by atoms with Gasteiger partial charge in [-0.15, -0.1) is 12.6 Å². The summed E-state index contributed by atoms with van der Waals surface area (Å²) in [6.07, 6.45) is 0. The highest BCUT2D eigenvalue weighted by Gasteiger charge is 2.01. The summed E-state index contributed by atoms with van der Waals surface area (Å²) in [7, 11) is 1.48. The number of hydrogen-bond donors (Lipinski definition) is 1. The molecule has 0 bridgehead atoms. The molecule has 0 aromatic heterocycles. The predicted octanol–water partition coefficient (Wildman–Crippen LogP) is 2.12. The third-order valence-electron chi connectivity index (χ3n) is 1.17. The fourth-order valence-corrected chi connectivity index (χ4v) is 0.901. The van der Waals surface area contributed by atoms with Crippen molar-refractivity contribution >= 4 is 12.6 Å². The van der Waals surface area contributed by atoms with E-state index in [2.05, 4.69) is 12.6 Å². The largest absolute Gasteiger partial charge is 0.495 e.